The summed E-state index contributed by atoms with van der Waals surface area (Å²) in [5, 5.41) is 0. The number of aryl methyl sites for hydroxylation is 1. The first kappa shape index (κ1) is 11.3. The summed E-state index contributed by atoms with van der Waals surface area (Å²) < 4.78 is 0. The van der Waals surface area contributed by atoms with Crippen LogP contribution in [-0.2, 0) is 6.42 Å². The lowest BCUT2D eigenvalue weighted by molar-refractivity contribution is 0.112. The van der Waals surface area contributed by atoms with E-state index in [1.807, 2.05) is 12.1 Å². The van der Waals surface area contributed by atoms with Gasteiger partial charge in [0.2, 0.25) is 0 Å². The Morgan fingerprint density at radius 1 is 1.31 bits per heavy atom. The molecule has 1 aromatic carbocycles. The largest absolute Gasteiger partial charge is 0.303 e. The first-order chi connectivity index (χ1) is 7.79. The Hall–Kier alpha value is -1.15. The van der Waals surface area contributed by atoms with E-state index in [4.69, 9.17) is 0 Å². The number of aldehydes is 1. The number of benzene rings is 1. The second kappa shape index (κ2) is 5.26. The van der Waals surface area contributed by atoms with E-state index in [9.17, 15) is 4.79 Å². The molecule has 0 aliphatic carbocycles. The van der Waals surface area contributed by atoms with Crippen LogP contribution in [0, 0.1) is 6.92 Å². The molecule has 0 N–H and O–H groups in total. The number of carbonyl (C=O) groups is 1. The second-order valence-electron chi connectivity index (χ2n) is 4.60. The Morgan fingerprint density at radius 2 is 2.06 bits per heavy atom. The Balaban J connectivity index is 1.95. The molecule has 1 aliphatic rings. The monoisotopic (exact) mass is 217 g/mol. The molecule has 1 heterocycles. The SMILES string of the molecule is Cc1cc(C=O)ccc1CCN1CCCC1. The fraction of sp³-hybridized carbons (Fsp3) is 0.500. The average Bonchev–Trinajstić information content (AvgIpc) is 2.80. The third kappa shape index (κ3) is 2.70. The Morgan fingerprint density at radius 3 is 2.69 bits per heavy atom. The third-order valence-corrected chi connectivity index (χ3v) is 3.40. The minimum atomic E-state index is 0.780. The van der Waals surface area contributed by atoms with Crippen molar-refractivity contribution in [3.63, 3.8) is 0 Å². The zero-order valence-corrected chi connectivity index (χ0v) is 9.91. The molecule has 1 saturated heterocycles. The Kier molecular flexibility index (Phi) is 3.73. The maximum atomic E-state index is 10.6. The number of hydrogen-bond donors (Lipinski definition) is 0. The lowest BCUT2D eigenvalue weighted by atomic mass is 10.0. The van der Waals surface area contributed by atoms with Crippen LogP contribution < -0.4 is 0 Å². The van der Waals surface area contributed by atoms with E-state index < -0.39 is 0 Å². The van der Waals surface area contributed by atoms with E-state index in [-0.39, 0.29) is 0 Å². The van der Waals surface area contributed by atoms with Gasteiger partial charge in [-0.25, -0.2) is 0 Å². The molecule has 2 rings (SSSR count). The zero-order chi connectivity index (χ0) is 11.4. The summed E-state index contributed by atoms with van der Waals surface area (Å²) in [7, 11) is 0. The smallest absolute Gasteiger partial charge is 0.150 e. The second-order valence-corrected chi connectivity index (χ2v) is 4.60. The summed E-state index contributed by atoms with van der Waals surface area (Å²) in [6.07, 6.45) is 4.72. The van der Waals surface area contributed by atoms with Crippen molar-refractivity contribution >= 4 is 6.29 Å². The number of carbonyl (C=O) groups excluding carboxylic acids is 1. The van der Waals surface area contributed by atoms with E-state index in [0.29, 0.717) is 0 Å². The molecular weight excluding hydrogens is 198 g/mol. The van der Waals surface area contributed by atoms with Gasteiger partial charge in [-0.3, -0.25) is 4.79 Å². The molecule has 1 fully saturated rings. The molecule has 0 amide bonds. The van der Waals surface area contributed by atoms with Crippen LogP contribution in [0.25, 0.3) is 0 Å². The van der Waals surface area contributed by atoms with E-state index >= 15 is 0 Å². The molecular formula is C14H19NO. The third-order valence-electron chi connectivity index (χ3n) is 3.40. The highest BCUT2D eigenvalue weighted by molar-refractivity contribution is 5.75. The van der Waals surface area contributed by atoms with Crippen molar-refractivity contribution in [1.82, 2.24) is 4.90 Å². The molecule has 0 unspecified atom stereocenters. The number of likely N-dealkylation sites (tertiary alicyclic amines) is 1. The van der Waals surface area contributed by atoms with Crippen LogP contribution in [0.5, 0.6) is 0 Å². The van der Waals surface area contributed by atoms with Crippen molar-refractivity contribution in [2.45, 2.75) is 26.2 Å². The van der Waals surface area contributed by atoms with Crippen molar-refractivity contribution in [3.8, 4) is 0 Å². The summed E-state index contributed by atoms with van der Waals surface area (Å²) in [4.78, 5) is 13.1. The minimum Gasteiger partial charge on any atom is -0.303 e. The molecule has 1 aromatic rings. The molecule has 16 heavy (non-hydrogen) atoms. The van der Waals surface area contributed by atoms with Crippen LogP contribution >= 0.6 is 0 Å². The maximum Gasteiger partial charge on any atom is 0.150 e. The average molecular weight is 217 g/mol. The van der Waals surface area contributed by atoms with Crippen LogP contribution in [0.1, 0.15) is 34.3 Å². The molecule has 0 spiro atoms. The molecule has 1 aliphatic heterocycles. The highest BCUT2D eigenvalue weighted by Gasteiger charge is 2.11. The maximum absolute atomic E-state index is 10.6. The van der Waals surface area contributed by atoms with Gasteiger partial charge in [0.25, 0.3) is 0 Å². The summed E-state index contributed by atoms with van der Waals surface area (Å²) >= 11 is 0. The molecule has 86 valence electrons. The Bertz CT molecular complexity index is 367. The first-order valence-corrected chi connectivity index (χ1v) is 6.06. The minimum absolute atomic E-state index is 0.780. The van der Waals surface area contributed by atoms with Crippen molar-refractivity contribution in [2.75, 3.05) is 19.6 Å². The van der Waals surface area contributed by atoms with Gasteiger partial charge in [-0.05, 0) is 56.5 Å². The summed E-state index contributed by atoms with van der Waals surface area (Å²) in [6.45, 7) is 5.75. The lowest BCUT2D eigenvalue weighted by Crippen LogP contribution is -2.22. The van der Waals surface area contributed by atoms with E-state index in [2.05, 4.69) is 17.9 Å². The van der Waals surface area contributed by atoms with Gasteiger partial charge in [0.05, 0.1) is 0 Å². The van der Waals surface area contributed by atoms with Crippen LogP contribution in [0.3, 0.4) is 0 Å². The van der Waals surface area contributed by atoms with Crippen molar-refractivity contribution in [1.29, 1.82) is 0 Å². The standard InChI is InChI=1S/C14H19NO/c1-12-10-13(11-16)4-5-14(12)6-9-15-7-2-3-8-15/h4-5,10-11H,2-3,6-9H2,1H3. The van der Waals surface area contributed by atoms with E-state index in [1.165, 1.54) is 37.1 Å². The number of nitrogens with zero attached hydrogens (tertiary/aromatic N) is 1. The van der Waals surface area contributed by atoms with E-state index in [1.54, 1.807) is 0 Å². The zero-order valence-electron chi connectivity index (χ0n) is 9.91. The van der Waals surface area contributed by atoms with Gasteiger partial charge in [-0.15, -0.1) is 0 Å². The van der Waals surface area contributed by atoms with E-state index in [0.717, 1.165) is 24.8 Å². The number of rotatable bonds is 4. The van der Waals surface area contributed by atoms with Gasteiger partial charge in [0.15, 0.2) is 0 Å². The predicted molar refractivity (Wildman–Crippen MR) is 65.9 cm³/mol. The fourth-order valence-electron chi connectivity index (χ4n) is 2.36. The van der Waals surface area contributed by atoms with Gasteiger partial charge in [0, 0.05) is 12.1 Å². The normalized spacial score (nSPS) is 16.6. The van der Waals surface area contributed by atoms with Crippen molar-refractivity contribution in [2.24, 2.45) is 0 Å². The molecule has 0 aromatic heterocycles. The van der Waals surface area contributed by atoms with Gasteiger partial charge in [-0.1, -0.05) is 12.1 Å². The molecule has 2 heteroatoms. The quantitative estimate of drug-likeness (QED) is 0.722. The number of hydrogen-bond acceptors (Lipinski definition) is 2. The highest BCUT2D eigenvalue weighted by atomic mass is 16.1. The van der Waals surface area contributed by atoms with Crippen LogP contribution in [0.15, 0.2) is 18.2 Å². The lowest BCUT2D eigenvalue weighted by Gasteiger charge is -2.15. The van der Waals surface area contributed by atoms with Gasteiger partial charge >= 0.3 is 0 Å². The predicted octanol–water partition coefficient (Wildman–Crippen LogP) is 2.45. The van der Waals surface area contributed by atoms with Gasteiger partial charge < -0.3 is 4.90 Å². The molecule has 0 bridgehead atoms. The Labute approximate surface area is 97.3 Å². The van der Waals surface area contributed by atoms with Crippen LogP contribution in [0.2, 0.25) is 0 Å². The summed E-state index contributed by atoms with van der Waals surface area (Å²) in [5.74, 6) is 0. The van der Waals surface area contributed by atoms with Gasteiger partial charge in [0.1, 0.15) is 6.29 Å². The molecule has 0 atom stereocenters. The van der Waals surface area contributed by atoms with Crippen LogP contribution in [-0.4, -0.2) is 30.8 Å². The van der Waals surface area contributed by atoms with Crippen LogP contribution in [0.4, 0.5) is 0 Å². The highest BCUT2D eigenvalue weighted by Crippen LogP contribution is 2.13. The fourth-order valence-corrected chi connectivity index (χ4v) is 2.36. The molecule has 0 saturated carbocycles. The summed E-state index contributed by atoms with van der Waals surface area (Å²) in [5.41, 5.74) is 3.39. The van der Waals surface area contributed by atoms with Crippen molar-refractivity contribution < 1.29 is 4.79 Å². The van der Waals surface area contributed by atoms with Gasteiger partial charge in [-0.2, -0.15) is 0 Å². The summed E-state index contributed by atoms with van der Waals surface area (Å²) in [6, 6.07) is 5.99. The topological polar surface area (TPSA) is 20.3 Å². The first-order valence-electron chi connectivity index (χ1n) is 6.06. The molecule has 0 radical (unpaired) electrons. The molecule has 2 nitrogen and oxygen atoms in total. The van der Waals surface area contributed by atoms with Crippen molar-refractivity contribution in [3.05, 3.63) is 34.9 Å².